The van der Waals surface area contributed by atoms with Crippen LogP contribution in [-0.4, -0.2) is 11.7 Å². The first kappa shape index (κ1) is 11.8. The first-order valence-electron chi connectivity index (χ1n) is 5.87. The normalized spacial score (nSPS) is 17.3. The van der Waals surface area contributed by atoms with E-state index >= 15 is 0 Å². The molecule has 0 atom stereocenters. The molecule has 1 aliphatic carbocycles. The standard InChI is InChI=1S/C13H17BrO2/c14-11-6-7-12(15)13(8-11)16-9-10-4-2-1-3-5-10/h6-8,10,15H,1-5,9H2. The van der Waals surface area contributed by atoms with Gasteiger partial charge >= 0.3 is 0 Å². The van der Waals surface area contributed by atoms with Gasteiger partial charge in [-0.3, -0.25) is 0 Å². The molecule has 1 fully saturated rings. The zero-order valence-corrected chi connectivity index (χ0v) is 10.9. The van der Waals surface area contributed by atoms with Crippen LogP contribution in [0.15, 0.2) is 22.7 Å². The maximum Gasteiger partial charge on any atom is 0.162 e. The first-order valence-corrected chi connectivity index (χ1v) is 6.66. The molecule has 2 nitrogen and oxygen atoms in total. The summed E-state index contributed by atoms with van der Waals surface area (Å²) in [7, 11) is 0. The highest BCUT2D eigenvalue weighted by molar-refractivity contribution is 9.10. The summed E-state index contributed by atoms with van der Waals surface area (Å²) in [6.07, 6.45) is 6.51. The van der Waals surface area contributed by atoms with E-state index in [1.54, 1.807) is 6.07 Å². The third-order valence-electron chi connectivity index (χ3n) is 3.12. The molecule has 1 N–H and O–H groups in total. The van der Waals surface area contributed by atoms with Crippen LogP contribution in [0.4, 0.5) is 0 Å². The number of hydrogen-bond acceptors (Lipinski definition) is 2. The minimum Gasteiger partial charge on any atom is -0.504 e. The Balaban J connectivity index is 1.90. The van der Waals surface area contributed by atoms with Gasteiger partial charge < -0.3 is 9.84 Å². The minimum atomic E-state index is 0.221. The number of rotatable bonds is 3. The van der Waals surface area contributed by atoms with Gasteiger partial charge in [-0.2, -0.15) is 0 Å². The molecule has 1 aliphatic rings. The molecule has 1 aromatic rings. The smallest absolute Gasteiger partial charge is 0.162 e. The van der Waals surface area contributed by atoms with Crippen LogP contribution in [-0.2, 0) is 0 Å². The van der Waals surface area contributed by atoms with Crippen LogP contribution in [0.5, 0.6) is 11.5 Å². The summed E-state index contributed by atoms with van der Waals surface area (Å²) in [5.41, 5.74) is 0. The lowest BCUT2D eigenvalue weighted by molar-refractivity contribution is 0.203. The van der Waals surface area contributed by atoms with E-state index < -0.39 is 0 Å². The quantitative estimate of drug-likeness (QED) is 0.905. The Morgan fingerprint density at radius 2 is 2.00 bits per heavy atom. The minimum absolute atomic E-state index is 0.221. The zero-order chi connectivity index (χ0) is 11.4. The van der Waals surface area contributed by atoms with E-state index in [4.69, 9.17) is 4.74 Å². The molecule has 0 bridgehead atoms. The lowest BCUT2D eigenvalue weighted by atomic mass is 9.90. The Kier molecular flexibility index (Phi) is 4.10. The first-order chi connectivity index (χ1) is 7.75. The molecular formula is C13H17BrO2. The molecule has 0 aromatic heterocycles. The lowest BCUT2D eigenvalue weighted by Gasteiger charge is -2.21. The van der Waals surface area contributed by atoms with E-state index in [0.29, 0.717) is 11.7 Å². The van der Waals surface area contributed by atoms with Crippen LogP contribution >= 0.6 is 15.9 Å². The number of phenols is 1. The van der Waals surface area contributed by atoms with Crippen molar-refractivity contribution >= 4 is 15.9 Å². The predicted molar refractivity (Wildman–Crippen MR) is 67.9 cm³/mol. The molecule has 16 heavy (non-hydrogen) atoms. The van der Waals surface area contributed by atoms with Gasteiger partial charge in [0, 0.05) is 4.47 Å². The second-order valence-electron chi connectivity index (χ2n) is 4.43. The fourth-order valence-corrected chi connectivity index (χ4v) is 2.51. The van der Waals surface area contributed by atoms with Crippen molar-refractivity contribution < 1.29 is 9.84 Å². The Hall–Kier alpha value is -0.700. The van der Waals surface area contributed by atoms with Crippen molar-refractivity contribution in [3.05, 3.63) is 22.7 Å². The van der Waals surface area contributed by atoms with E-state index in [1.807, 2.05) is 12.1 Å². The van der Waals surface area contributed by atoms with Crippen molar-refractivity contribution in [2.24, 2.45) is 5.92 Å². The number of aromatic hydroxyl groups is 1. The third-order valence-corrected chi connectivity index (χ3v) is 3.61. The third kappa shape index (κ3) is 3.14. The molecule has 3 heteroatoms. The lowest BCUT2D eigenvalue weighted by Crippen LogP contribution is -2.15. The van der Waals surface area contributed by atoms with Gasteiger partial charge in [0.05, 0.1) is 6.61 Å². The summed E-state index contributed by atoms with van der Waals surface area (Å²) in [5.74, 6) is 1.46. The monoisotopic (exact) mass is 284 g/mol. The summed E-state index contributed by atoms with van der Waals surface area (Å²) < 4.78 is 6.61. The van der Waals surface area contributed by atoms with Crippen molar-refractivity contribution in [3.63, 3.8) is 0 Å². The molecule has 0 saturated heterocycles. The predicted octanol–water partition coefficient (Wildman–Crippen LogP) is 4.11. The van der Waals surface area contributed by atoms with E-state index in [1.165, 1.54) is 32.1 Å². The van der Waals surface area contributed by atoms with Gasteiger partial charge in [0.15, 0.2) is 11.5 Å². The highest BCUT2D eigenvalue weighted by atomic mass is 79.9. The number of ether oxygens (including phenoxy) is 1. The molecule has 0 radical (unpaired) electrons. The molecule has 2 rings (SSSR count). The van der Waals surface area contributed by atoms with Crippen molar-refractivity contribution in [3.8, 4) is 11.5 Å². The van der Waals surface area contributed by atoms with Crippen molar-refractivity contribution in [2.45, 2.75) is 32.1 Å². The summed E-state index contributed by atoms with van der Waals surface area (Å²) in [6, 6.07) is 5.28. The maximum atomic E-state index is 9.62. The average Bonchev–Trinajstić information content (AvgIpc) is 2.32. The van der Waals surface area contributed by atoms with Crippen LogP contribution in [0.1, 0.15) is 32.1 Å². The molecule has 0 amide bonds. The molecule has 0 aliphatic heterocycles. The summed E-state index contributed by atoms with van der Waals surface area (Å²) in [6.45, 7) is 0.726. The Labute approximate surface area is 105 Å². The Morgan fingerprint density at radius 1 is 1.25 bits per heavy atom. The van der Waals surface area contributed by atoms with Crippen LogP contribution in [0, 0.1) is 5.92 Å². The fourth-order valence-electron chi connectivity index (χ4n) is 2.17. The Bertz CT molecular complexity index is 346. The van der Waals surface area contributed by atoms with E-state index in [0.717, 1.165) is 11.1 Å². The van der Waals surface area contributed by atoms with Crippen molar-refractivity contribution in [1.29, 1.82) is 0 Å². The van der Waals surface area contributed by atoms with E-state index in [2.05, 4.69) is 15.9 Å². The number of halogens is 1. The van der Waals surface area contributed by atoms with Crippen LogP contribution < -0.4 is 4.74 Å². The molecule has 0 heterocycles. The van der Waals surface area contributed by atoms with Crippen LogP contribution in [0.2, 0.25) is 0 Å². The Morgan fingerprint density at radius 3 is 2.75 bits per heavy atom. The number of phenolic OH excluding ortho intramolecular Hbond substituents is 1. The van der Waals surface area contributed by atoms with Gasteiger partial charge in [-0.1, -0.05) is 35.2 Å². The molecule has 0 spiro atoms. The highest BCUT2D eigenvalue weighted by Gasteiger charge is 2.14. The van der Waals surface area contributed by atoms with Crippen LogP contribution in [0.3, 0.4) is 0 Å². The zero-order valence-electron chi connectivity index (χ0n) is 9.29. The van der Waals surface area contributed by atoms with Gasteiger partial charge in [0.1, 0.15) is 0 Å². The largest absolute Gasteiger partial charge is 0.504 e. The fraction of sp³-hybridized carbons (Fsp3) is 0.538. The van der Waals surface area contributed by atoms with Crippen LogP contribution in [0.25, 0.3) is 0 Å². The second-order valence-corrected chi connectivity index (χ2v) is 5.34. The number of hydrogen-bond donors (Lipinski definition) is 1. The molecule has 1 aromatic carbocycles. The summed E-state index contributed by atoms with van der Waals surface area (Å²) in [4.78, 5) is 0. The van der Waals surface area contributed by atoms with Crippen molar-refractivity contribution in [2.75, 3.05) is 6.61 Å². The summed E-state index contributed by atoms with van der Waals surface area (Å²) >= 11 is 3.37. The topological polar surface area (TPSA) is 29.5 Å². The van der Waals surface area contributed by atoms with Gasteiger partial charge in [-0.05, 0) is 37.0 Å². The van der Waals surface area contributed by atoms with E-state index in [-0.39, 0.29) is 5.75 Å². The molecule has 88 valence electrons. The van der Waals surface area contributed by atoms with Gasteiger partial charge in [-0.25, -0.2) is 0 Å². The average molecular weight is 285 g/mol. The SMILES string of the molecule is Oc1ccc(Br)cc1OCC1CCCCC1. The van der Waals surface area contributed by atoms with Gasteiger partial charge in [0.2, 0.25) is 0 Å². The molecular weight excluding hydrogens is 268 g/mol. The molecule has 1 saturated carbocycles. The van der Waals surface area contributed by atoms with Gasteiger partial charge in [-0.15, -0.1) is 0 Å². The highest BCUT2D eigenvalue weighted by Crippen LogP contribution is 2.31. The van der Waals surface area contributed by atoms with Crippen molar-refractivity contribution in [1.82, 2.24) is 0 Å². The summed E-state index contributed by atoms with van der Waals surface area (Å²) in [5, 5.41) is 9.62. The maximum absolute atomic E-state index is 9.62. The van der Waals surface area contributed by atoms with E-state index in [9.17, 15) is 5.11 Å². The molecule has 0 unspecified atom stereocenters. The van der Waals surface area contributed by atoms with Gasteiger partial charge in [0.25, 0.3) is 0 Å². The second kappa shape index (κ2) is 5.58. The number of benzene rings is 1.